The summed E-state index contributed by atoms with van der Waals surface area (Å²) >= 11 is 6.08. The number of hydrogen-bond acceptors (Lipinski definition) is 2. The van der Waals surface area contributed by atoms with Gasteiger partial charge in [0, 0.05) is 23.8 Å². The van der Waals surface area contributed by atoms with E-state index < -0.39 is 0 Å². The zero-order valence-corrected chi connectivity index (χ0v) is 13.5. The zero-order valence-electron chi connectivity index (χ0n) is 12.8. The molecule has 0 radical (unpaired) electrons. The zero-order chi connectivity index (χ0) is 15.2. The van der Waals surface area contributed by atoms with E-state index >= 15 is 0 Å². The van der Waals surface area contributed by atoms with Crippen LogP contribution in [0.5, 0.6) is 0 Å². The number of nitrogens with zero attached hydrogens (tertiary/aromatic N) is 1. The first-order valence-electron chi connectivity index (χ1n) is 7.63. The number of likely N-dealkylation sites (tertiary alicyclic amines) is 1. The van der Waals surface area contributed by atoms with Gasteiger partial charge in [-0.05, 0) is 56.5 Å². The maximum Gasteiger partial charge on any atom is 0.321 e. The van der Waals surface area contributed by atoms with E-state index in [2.05, 4.69) is 17.6 Å². The highest BCUT2D eigenvalue weighted by Gasteiger charge is 2.22. The highest BCUT2D eigenvalue weighted by molar-refractivity contribution is 6.31. The number of benzene rings is 1. The van der Waals surface area contributed by atoms with Crippen molar-refractivity contribution in [3.05, 3.63) is 28.8 Å². The number of carbonyl (C=O) groups is 1. The van der Waals surface area contributed by atoms with Crippen molar-refractivity contribution in [2.24, 2.45) is 5.92 Å². The topological polar surface area (TPSA) is 44.4 Å². The van der Waals surface area contributed by atoms with E-state index in [0.717, 1.165) is 50.3 Å². The minimum atomic E-state index is -0.0307. The molecular formula is C16H24ClN3O. The Morgan fingerprint density at radius 3 is 2.71 bits per heavy atom. The van der Waals surface area contributed by atoms with Crippen LogP contribution in [0.3, 0.4) is 0 Å². The van der Waals surface area contributed by atoms with Crippen LogP contribution in [0.15, 0.2) is 18.2 Å². The van der Waals surface area contributed by atoms with E-state index in [1.165, 1.54) is 0 Å². The van der Waals surface area contributed by atoms with Crippen LogP contribution < -0.4 is 10.6 Å². The van der Waals surface area contributed by atoms with E-state index in [1.54, 1.807) is 6.07 Å². The van der Waals surface area contributed by atoms with E-state index in [1.807, 2.05) is 24.0 Å². The Hall–Kier alpha value is -1.26. The van der Waals surface area contributed by atoms with Gasteiger partial charge in [-0.2, -0.15) is 0 Å². The van der Waals surface area contributed by atoms with Crippen molar-refractivity contribution in [1.29, 1.82) is 0 Å². The lowest BCUT2D eigenvalue weighted by molar-refractivity contribution is 0.182. The fourth-order valence-electron chi connectivity index (χ4n) is 2.56. The average molecular weight is 310 g/mol. The van der Waals surface area contributed by atoms with Gasteiger partial charge in [0.1, 0.15) is 0 Å². The molecule has 0 unspecified atom stereocenters. The van der Waals surface area contributed by atoms with Gasteiger partial charge < -0.3 is 15.5 Å². The molecule has 0 saturated carbocycles. The smallest absolute Gasteiger partial charge is 0.321 e. The second-order valence-electron chi connectivity index (χ2n) is 5.63. The molecule has 21 heavy (non-hydrogen) atoms. The van der Waals surface area contributed by atoms with Gasteiger partial charge in [-0.25, -0.2) is 4.79 Å². The highest BCUT2D eigenvalue weighted by atomic mass is 35.5. The lowest BCUT2D eigenvalue weighted by Gasteiger charge is -2.32. The van der Waals surface area contributed by atoms with E-state index in [4.69, 9.17) is 11.6 Å². The van der Waals surface area contributed by atoms with Gasteiger partial charge in [0.25, 0.3) is 0 Å². The van der Waals surface area contributed by atoms with Crippen LogP contribution in [0.2, 0.25) is 5.02 Å². The lowest BCUT2D eigenvalue weighted by atomic mass is 9.97. The van der Waals surface area contributed by atoms with Crippen molar-refractivity contribution in [1.82, 2.24) is 10.2 Å². The summed E-state index contributed by atoms with van der Waals surface area (Å²) in [7, 11) is 0. The normalized spacial score (nSPS) is 16.0. The molecule has 5 heteroatoms. The summed E-state index contributed by atoms with van der Waals surface area (Å²) in [6, 6.07) is 5.57. The third kappa shape index (κ3) is 4.61. The first-order chi connectivity index (χ1) is 10.1. The number of urea groups is 1. The molecule has 1 aromatic carbocycles. The molecule has 1 fully saturated rings. The van der Waals surface area contributed by atoms with Crippen molar-refractivity contribution >= 4 is 23.3 Å². The van der Waals surface area contributed by atoms with E-state index in [-0.39, 0.29) is 6.03 Å². The number of anilines is 1. The van der Waals surface area contributed by atoms with Crippen molar-refractivity contribution in [2.45, 2.75) is 26.7 Å². The summed E-state index contributed by atoms with van der Waals surface area (Å²) in [5, 5.41) is 6.98. The number of rotatable bonds is 4. The molecule has 2 N–H and O–H groups in total. The summed E-state index contributed by atoms with van der Waals surface area (Å²) in [5.41, 5.74) is 1.77. The number of halogens is 1. The third-order valence-corrected chi connectivity index (χ3v) is 4.42. The van der Waals surface area contributed by atoms with Gasteiger partial charge in [0.2, 0.25) is 0 Å². The molecule has 0 atom stereocenters. The minimum absolute atomic E-state index is 0.0307. The molecule has 0 bridgehead atoms. The summed E-state index contributed by atoms with van der Waals surface area (Å²) < 4.78 is 0. The SMILES string of the molecule is CCNCC1CCN(C(=O)Nc2ccc(C)c(Cl)c2)CC1. The monoisotopic (exact) mass is 309 g/mol. The number of nitrogens with one attached hydrogen (secondary N) is 2. The molecule has 1 aliphatic rings. The third-order valence-electron chi connectivity index (χ3n) is 4.01. The molecule has 1 aromatic rings. The van der Waals surface area contributed by atoms with Gasteiger partial charge in [0.15, 0.2) is 0 Å². The standard InChI is InChI=1S/C16H24ClN3O/c1-3-18-11-13-6-8-20(9-7-13)16(21)19-14-5-4-12(2)15(17)10-14/h4-5,10,13,18H,3,6-9,11H2,1-2H3,(H,19,21). The van der Waals surface area contributed by atoms with Crippen LogP contribution in [0.25, 0.3) is 0 Å². The van der Waals surface area contributed by atoms with Gasteiger partial charge >= 0.3 is 6.03 Å². The molecular weight excluding hydrogens is 286 g/mol. The van der Waals surface area contributed by atoms with Crippen molar-refractivity contribution in [2.75, 3.05) is 31.5 Å². The first-order valence-corrected chi connectivity index (χ1v) is 8.00. The average Bonchev–Trinajstić information content (AvgIpc) is 2.49. The number of hydrogen-bond donors (Lipinski definition) is 2. The van der Waals surface area contributed by atoms with Crippen LogP contribution in [-0.2, 0) is 0 Å². The number of carbonyl (C=O) groups excluding carboxylic acids is 1. The summed E-state index contributed by atoms with van der Waals surface area (Å²) in [5.74, 6) is 0.683. The molecule has 116 valence electrons. The number of piperidine rings is 1. The Balaban J connectivity index is 1.83. The first kappa shape index (κ1) is 16.1. The van der Waals surface area contributed by atoms with Crippen LogP contribution in [-0.4, -0.2) is 37.1 Å². The minimum Gasteiger partial charge on any atom is -0.325 e. The molecule has 4 nitrogen and oxygen atoms in total. The number of aryl methyl sites for hydroxylation is 1. The van der Waals surface area contributed by atoms with Gasteiger partial charge in [0.05, 0.1) is 0 Å². The van der Waals surface area contributed by atoms with Crippen molar-refractivity contribution in [3.63, 3.8) is 0 Å². The van der Waals surface area contributed by atoms with Gasteiger partial charge in [-0.1, -0.05) is 24.6 Å². The predicted molar refractivity (Wildman–Crippen MR) is 88.0 cm³/mol. The largest absolute Gasteiger partial charge is 0.325 e. The van der Waals surface area contributed by atoms with Crippen molar-refractivity contribution in [3.8, 4) is 0 Å². The number of amides is 2. The fraction of sp³-hybridized carbons (Fsp3) is 0.562. The Labute approximate surface area is 131 Å². The highest BCUT2D eigenvalue weighted by Crippen LogP contribution is 2.21. The second-order valence-corrected chi connectivity index (χ2v) is 6.04. The van der Waals surface area contributed by atoms with Crippen LogP contribution in [0.4, 0.5) is 10.5 Å². The van der Waals surface area contributed by atoms with Crippen LogP contribution >= 0.6 is 11.6 Å². The molecule has 2 rings (SSSR count). The van der Waals surface area contributed by atoms with Gasteiger partial charge in [-0.3, -0.25) is 0 Å². The van der Waals surface area contributed by atoms with E-state index in [0.29, 0.717) is 10.9 Å². The molecule has 1 heterocycles. The van der Waals surface area contributed by atoms with E-state index in [9.17, 15) is 4.79 Å². The summed E-state index contributed by atoms with van der Waals surface area (Å²) in [6.45, 7) is 7.77. The Bertz CT molecular complexity index is 484. The molecule has 0 aromatic heterocycles. The molecule has 0 aliphatic carbocycles. The van der Waals surface area contributed by atoms with Gasteiger partial charge in [-0.15, -0.1) is 0 Å². The molecule has 2 amide bonds. The Morgan fingerprint density at radius 1 is 1.38 bits per heavy atom. The maximum atomic E-state index is 12.2. The second kappa shape index (κ2) is 7.66. The quantitative estimate of drug-likeness (QED) is 0.894. The molecule has 1 saturated heterocycles. The Morgan fingerprint density at radius 2 is 2.10 bits per heavy atom. The summed E-state index contributed by atoms with van der Waals surface area (Å²) in [6.07, 6.45) is 2.13. The van der Waals surface area contributed by atoms with Crippen molar-refractivity contribution < 1.29 is 4.79 Å². The predicted octanol–water partition coefficient (Wildman–Crippen LogP) is 3.50. The lowest BCUT2D eigenvalue weighted by Crippen LogP contribution is -2.42. The maximum absolute atomic E-state index is 12.2. The fourth-order valence-corrected chi connectivity index (χ4v) is 2.74. The molecule has 1 aliphatic heterocycles. The van der Waals surface area contributed by atoms with Crippen LogP contribution in [0, 0.1) is 12.8 Å². The summed E-state index contributed by atoms with van der Waals surface area (Å²) in [4.78, 5) is 14.1. The van der Waals surface area contributed by atoms with Crippen LogP contribution in [0.1, 0.15) is 25.3 Å². The molecule has 0 spiro atoms. The Kier molecular flexibility index (Phi) is 5.88.